The molecule has 3 aromatic rings. The second-order valence-electron chi connectivity index (χ2n) is 9.98. The lowest BCUT2D eigenvalue weighted by atomic mass is 9.92. The van der Waals surface area contributed by atoms with E-state index in [4.69, 9.17) is 32.7 Å². The number of hydrogen-bond donors (Lipinski definition) is 2. The second kappa shape index (κ2) is 9.78. The van der Waals surface area contributed by atoms with Crippen molar-refractivity contribution in [3.05, 3.63) is 56.5 Å². The summed E-state index contributed by atoms with van der Waals surface area (Å²) in [6.07, 6.45) is 1.80. The molecule has 1 unspecified atom stereocenters. The number of nitrogens with zero attached hydrogens (tertiary/aromatic N) is 1. The Morgan fingerprint density at radius 1 is 1.34 bits per heavy atom. The fourth-order valence-electron chi connectivity index (χ4n) is 5.49. The lowest BCUT2D eigenvalue weighted by Crippen LogP contribution is -2.46. The van der Waals surface area contributed by atoms with Crippen LogP contribution in [0, 0.1) is 5.92 Å². The summed E-state index contributed by atoms with van der Waals surface area (Å²) < 4.78 is 13.0. The van der Waals surface area contributed by atoms with Crippen LogP contribution in [0.2, 0.25) is 9.36 Å². The Bertz CT molecular complexity index is 1240. The Morgan fingerprint density at radius 3 is 2.83 bits per heavy atom. The van der Waals surface area contributed by atoms with Gasteiger partial charge in [0.1, 0.15) is 16.7 Å². The molecule has 0 bridgehead atoms. The van der Waals surface area contributed by atoms with Gasteiger partial charge in [-0.2, -0.15) is 0 Å². The minimum absolute atomic E-state index is 0.0420. The molecule has 2 aromatic heterocycles. The number of aliphatic hydroxyl groups excluding tert-OH is 1. The maximum atomic E-state index is 12.9. The number of benzene rings is 1. The van der Waals surface area contributed by atoms with Gasteiger partial charge in [-0.15, -0.1) is 11.3 Å². The van der Waals surface area contributed by atoms with Gasteiger partial charge in [-0.25, -0.2) is 0 Å². The number of ether oxygens (including phenoxy) is 2. The number of carbonyl (C=O) groups is 1. The van der Waals surface area contributed by atoms with E-state index in [0.29, 0.717) is 28.1 Å². The number of H-pyrrole nitrogens is 1. The molecule has 2 aliphatic rings. The van der Waals surface area contributed by atoms with E-state index in [1.165, 1.54) is 22.5 Å². The standard InChI is InChI=1S/C26H30Cl2N2O4S/c1-26(2)33-13-19(34-26)25(32)30(3)23-15(11-14-7-4-5-9-16(14)23)8-6-10-18(31)17-12-20-22(29-17)21(27)24(28)35-20/h4-5,7,9,12,15,19,23,25,29,32H,6,8,10-11,13H2,1-3H3/t15-,19-,23-,25?/m0/s1. The van der Waals surface area contributed by atoms with Crippen LogP contribution in [0.5, 0.6) is 0 Å². The maximum Gasteiger partial charge on any atom is 0.179 e. The minimum Gasteiger partial charge on any atom is -0.376 e. The quantitative estimate of drug-likeness (QED) is 0.264. The molecule has 4 atom stereocenters. The van der Waals surface area contributed by atoms with Crippen molar-refractivity contribution >= 4 is 50.5 Å². The summed E-state index contributed by atoms with van der Waals surface area (Å²) in [5.74, 6) is -0.336. The van der Waals surface area contributed by atoms with Crippen molar-refractivity contribution in [3.63, 3.8) is 0 Å². The first-order chi connectivity index (χ1) is 16.6. The summed E-state index contributed by atoms with van der Waals surface area (Å²) in [5, 5.41) is 11.6. The third-order valence-corrected chi connectivity index (χ3v) is 9.11. The molecule has 1 aliphatic heterocycles. The van der Waals surface area contributed by atoms with Crippen LogP contribution in [-0.4, -0.2) is 52.5 Å². The molecule has 0 spiro atoms. The molecule has 6 nitrogen and oxygen atoms in total. The lowest BCUT2D eigenvalue weighted by molar-refractivity contribution is -0.171. The zero-order valence-corrected chi connectivity index (χ0v) is 22.3. The Balaban J connectivity index is 1.26. The summed E-state index contributed by atoms with van der Waals surface area (Å²) >= 11 is 13.7. The largest absolute Gasteiger partial charge is 0.376 e. The van der Waals surface area contributed by atoms with Gasteiger partial charge in [-0.3, -0.25) is 9.69 Å². The van der Waals surface area contributed by atoms with Crippen molar-refractivity contribution in [2.45, 2.75) is 63.7 Å². The first-order valence-corrected chi connectivity index (χ1v) is 13.5. The predicted octanol–water partition coefficient (Wildman–Crippen LogP) is 6.20. The van der Waals surface area contributed by atoms with Gasteiger partial charge in [0.2, 0.25) is 0 Å². The van der Waals surface area contributed by atoms with Crippen molar-refractivity contribution in [2.75, 3.05) is 13.7 Å². The molecule has 0 saturated carbocycles. The fourth-order valence-corrected chi connectivity index (χ4v) is 6.97. The predicted molar refractivity (Wildman–Crippen MR) is 139 cm³/mol. The van der Waals surface area contributed by atoms with Crippen molar-refractivity contribution in [2.24, 2.45) is 5.92 Å². The number of hydrogen-bond acceptors (Lipinski definition) is 6. The maximum absolute atomic E-state index is 12.9. The minimum atomic E-state index is -0.791. The van der Waals surface area contributed by atoms with Gasteiger partial charge in [-0.1, -0.05) is 47.5 Å². The van der Waals surface area contributed by atoms with Gasteiger partial charge in [0.05, 0.1) is 27.5 Å². The Morgan fingerprint density at radius 2 is 2.11 bits per heavy atom. The summed E-state index contributed by atoms with van der Waals surface area (Å²) in [6.45, 7) is 4.08. The van der Waals surface area contributed by atoms with E-state index in [2.05, 4.69) is 23.2 Å². The molecule has 3 heterocycles. The number of aliphatic hydroxyl groups is 1. The van der Waals surface area contributed by atoms with Crippen LogP contribution >= 0.6 is 34.5 Å². The highest BCUT2D eigenvalue weighted by atomic mass is 35.5. The number of rotatable bonds is 8. The molecule has 1 saturated heterocycles. The lowest BCUT2D eigenvalue weighted by Gasteiger charge is -2.36. The van der Waals surface area contributed by atoms with Crippen molar-refractivity contribution in [1.82, 2.24) is 9.88 Å². The third kappa shape index (κ3) is 4.92. The summed E-state index contributed by atoms with van der Waals surface area (Å²) in [7, 11) is 1.95. The highest BCUT2D eigenvalue weighted by Crippen LogP contribution is 2.44. The molecule has 35 heavy (non-hydrogen) atoms. The number of carbonyl (C=O) groups excluding carboxylic acids is 1. The van der Waals surface area contributed by atoms with Crippen LogP contribution in [0.3, 0.4) is 0 Å². The van der Waals surface area contributed by atoms with E-state index in [1.54, 1.807) is 0 Å². The molecule has 9 heteroatoms. The molecular weight excluding hydrogens is 507 g/mol. The normalized spacial score (nSPS) is 24.4. The molecule has 0 amide bonds. The van der Waals surface area contributed by atoms with Crippen LogP contribution in [0.15, 0.2) is 30.3 Å². The number of aromatic amines is 1. The van der Waals surface area contributed by atoms with E-state index in [0.717, 1.165) is 29.5 Å². The molecule has 5 rings (SSSR count). The number of Topliss-reactive ketones (excluding diaryl/α,β-unsaturated/α-hetero) is 1. The van der Waals surface area contributed by atoms with Crippen LogP contribution < -0.4 is 0 Å². The SMILES string of the molecule is CN(C(O)[C@@H]1COC(C)(C)O1)[C@@H]1c2ccccc2C[C@@H]1CCCC(=O)c1cc2sc(Cl)c(Cl)c2[nH]1. The first-order valence-electron chi connectivity index (χ1n) is 11.9. The molecular formula is C26H30Cl2N2O4S. The van der Waals surface area contributed by atoms with Crippen molar-refractivity contribution in [1.29, 1.82) is 0 Å². The molecule has 188 valence electrons. The molecule has 2 N–H and O–H groups in total. The number of nitrogens with one attached hydrogen (secondary N) is 1. The third-order valence-electron chi connectivity index (χ3n) is 7.17. The van der Waals surface area contributed by atoms with E-state index >= 15 is 0 Å². The van der Waals surface area contributed by atoms with E-state index in [9.17, 15) is 9.90 Å². The fraction of sp³-hybridized carbons (Fsp3) is 0.500. The average molecular weight is 538 g/mol. The molecule has 0 radical (unpaired) electrons. The topological polar surface area (TPSA) is 74.8 Å². The average Bonchev–Trinajstić information content (AvgIpc) is 3.56. The van der Waals surface area contributed by atoms with Gasteiger partial charge in [0.25, 0.3) is 0 Å². The van der Waals surface area contributed by atoms with Gasteiger partial charge < -0.3 is 19.6 Å². The summed E-state index contributed by atoms with van der Waals surface area (Å²) in [6, 6.07) is 10.3. The molecule has 1 fully saturated rings. The number of fused-ring (bicyclic) bond motifs is 2. The number of thiophene rings is 1. The number of likely N-dealkylation sites (N-methyl/N-ethyl adjacent to an activating group) is 1. The van der Waals surface area contributed by atoms with Crippen LogP contribution in [0.1, 0.15) is 60.8 Å². The van der Waals surface area contributed by atoms with Gasteiger partial charge in [0.15, 0.2) is 11.6 Å². The highest BCUT2D eigenvalue weighted by molar-refractivity contribution is 7.23. The van der Waals surface area contributed by atoms with E-state index in [-0.39, 0.29) is 17.7 Å². The van der Waals surface area contributed by atoms with E-state index in [1.807, 2.05) is 37.9 Å². The van der Waals surface area contributed by atoms with E-state index < -0.39 is 18.1 Å². The smallest absolute Gasteiger partial charge is 0.179 e. The van der Waals surface area contributed by atoms with Gasteiger partial charge >= 0.3 is 0 Å². The Labute approximate surface area is 219 Å². The monoisotopic (exact) mass is 536 g/mol. The first kappa shape index (κ1) is 25.2. The van der Waals surface area contributed by atoms with Gasteiger partial charge in [0, 0.05) is 12.5 Å². The number of halogens is 2. The summed E-state index contributed by atoms with van der Waals surface area (Å²) in [4.78, 5) is 18.0. The highest BCUT2D eigenvalue weighted by Gasteiger charge is 2.43. The zero-order valence-electron chi connectivity index (χ0n) is 20.0. The summed E-state index contributed by atoms with van der Waals surface area (Å²) in [5.41, 5.74) is 3.84. The van der Waals surface area contributed by atoms with Crippen LogP contribution in [-0.2, 0) is 15.9 Å². The second-order valence-corrected chi connectivity index (χ2v) is 12.0. The Kier molecular flexibility index (Phi) is 7.05. The van der Waals surface area contributed by atoms with Crippen molar-refractivity contribution in [3.8, 4) is 0 Å². The Hall–Kier alpha value is -1.45. The number of ketones is 1. The van der Waals surface area contributed by atoms with Crippen LogP contribution in [0.25, 0.3) is 10.2 Å². The van der Waals surface area contributed by atoms with Crippen LogP contribution in [0.4, 0.5) is 0 Å². The molecule has 1 aromatic carbocycles. The molecule has 1 aliphatic carbocycles. The van der Waals surface area contributed by atoms with Crippen molar-refractivity contribution < 1.29 is 19.4 Å². The van der Waals surface area contributed by atoms with Gasteiger partial charge in [-0.05, 0) is 63.3 Å². The number of aromatic nitrogens is 1. The zero-order chi connectivity index (χ0) is 24.9.